The summed E-state index contributed by atoms with van der Waals surface area (Å²) in [5.41, 5.74) is 2.99. The molecule has 0 radical (unpaired) electrons. The lowest BCUT2D eigenvalue weighted by Gasteiger charge is -2.21. The van der Waals surface area contributed by atoms with Crippen LogP contribution in [0.1, 0.15) is 11.1 Å². The average Bonchev–Trinajstić information content (AvgIpc) is 2.80. The number of amides is 1. The van der Waals surface area contributed by atoms with E-state index in [0.29, 0.717) is 5.56 Å². The Morgan fingerprint density at radius 3 is 2.22 bits per heavy atom. The topological polar surface area (TPSA) is 122 Å². The van der Waals surface area contributed by atoms with Gasteiger partial charge in [0.1, 0.15) is 0 Å². The van der Waals surface area contributed by atoms with E-state index in [0.717, 1.165) is 10.5 Å². The Morgan fingerprint density at radius 2 is 1.56 bits per heavy atom. The van der Waals surface area contributed by atoms with E-state index in [1.165, 1.54) is 30.3 Å². The van der Waals surface area contributed by atoms with E-state index in [1.54, 1.807) is 48.5 Å². The molecule has 3 rings (SSSR count). The second kappa shape index (κ2) is 10.4. The Kier molecular flexibility index (Phi) is 7.42. The minimum Gasteiger partial charge on any atom is -0.272 e. The standard InChI is InChI=1S/C22H20N4O5S/c27-22(24-23-15-19-11-7-8-14-21(19)26(28)29)17-25(16-18-9-3-1-4-10-18)32(30,31)20-12-5-2-6-13-20/h1-15H,16-17H2,(H,24,27). The van der Waals surface area contributed by atoms with Crippen molar-refractivity contribution in [1.29, 1.82) is 0 Å². The second-order valence-corrected chi connectivity index (χ2v) is 8.62. The minimum absolute atomic E-state index is 0.0145. The van der Waals surface area contributed by atoms with Crippen molar-refractivity contribution in [2.24, 2.45) is 5.10 Å². The number of carbonyl (C=O) groups excluding carboxylic acids is 1. The lowest BCUT2D eigenvalue weighted by Crippen LogP contribution is -2.39. The number of carbonyl (C=O) groups is 1. The number of hydrazone groups is 1. The summed E-state index contributed by atoms with van der Waals surface area (Å²) >= 11 is 0. The molecular formula is C22H20N4O5S. The minimum atomic E-state index is -3.96. The molecule has 0 aliphatic carbocycles. The van der Waals surface area contributed by atoms with Gasteiger partial charge in [0.15, 0.2) is 0 Å². The van der Waals surface area contributed by atoms with Gasteiger partial charge in [-0.1, -0.05) is 60.7 Å². The summed E-state index contributed by atoms with van der Waals surface area (Å²) in [6.45, 7) is -0.500. The van der Waals surface area contributed by atoms with Crippen LogP contribution in [0.4, 0.5) is 5.69 Å². The van der Waals surface area contributed by atoms with Gasteiger partial charge >= 0.3 is 0 Å². The van der Waals surface area contributed by atoms with E-state index in [2.05, 4.69) is 10.5 Å². The summed E-state index contributed by atoms with van der Waals surface area (Å²) in [6.07, 6.45) is 1.14. The van der Waals surface area contributed by atoms with E-state index in [9.17, 15) is 23.3 Å². The lowest BCUT2D eigenvalue weighted by molar-refractivity contribution is -0.385. The molecule has 164 valence electrons. The van der Waals surface area contributed by atoms with E-state index in [-0.39, 0.29) is 22.7 Å². The van der Waals surface area contributed by atoms with Crippen molar-refractivity contribution in [1.82, 2.24) is 9.73 Å². The Bertz CT molecular complexity index is 1220. The van der Waals surface area contributed by atoms with Crippen LogP contribution in [-0.4, -0.2) is 36.3 Å². The van der Waals surface area contributed by atoms with Crippen molar-refractivity contribution in [3.63, 3.8) is 0 Å². The fourth-order valence-electron chi connectivity index (χ4n) is 2.89. The number of nitrogens with one attached hydrogen (secondary N) is 1. The van der Waals surface area contributed by atoms with Crippen molar-refractivity contribution >= 4 is 27.8 Å². The van der Waals surface area contributed by atoms with Crippen LogP contribution in [0.5, 0.6) is 0 Å². The van der Waals surface area contributed by atoms with Gasteiger partial charge in [0.2, 0.25) is 10.0 Å². The first-order valence-electron chi connectivity index (χ1n) is 9.52. The highest BCUT2D eigenvalue weighted by atomic mass is 32.2. The van der Waals surface area contributed by atoms with E-state index in [4.69, 9.17) is 0 Å². The summed E-state index contributed by atoms with van der Waals surface area (Å²) in [5.74, 6) is -0.685. The number of hydrogen-bond donors (Lipinski definition) is 1. The molecular weight excluding hydrogens is 432 g/mol. The van der Waals surface area contributed by atoms with Gasteiger partial charge in [0.25, 0.3) is 11.6 Å². The van der Waals surface area contributed by atoms with Crippen molar-refractivity contribution in [3.8, 4) is 0 Å². The third kappa shape index (κ3) is 5.84. The molecule has 0 saturated heterocycles. The van der Waals surface area contributed by atoms with E-state index >= 15 is 0 Å². The van der Waals surface area contributed by atoms with Crippen LogP contribution in [0.3, 0.4) is 0 Å². The number of sulfonamides is 1. The largest absolute Gasteiger partial charge is 0.278 e. The highest BCUT2D eigenvalue weighted by Crippen LogP contribution is 2.18. The predicted octanol–water partition coefficient (Wildman–Crippen LogP) is 2.94. The molecule has 3 aromatic rings. The van der Waals surface area contributed by atoms with Crippen LogP contribution in [0.25, 0.3) is 0 Å². The molecule has 0 spiro atoms. The van der Waals surface area contributed by atoms with Crippen molar-refractivity contribution < 1.29 is 18.1 Å². The molecule has 0 atom stereocenters. The molecule has 1 N–H and O–H groups in total. The first-order chi connectivity index (χ1) is 15.4. The number of rotatable bonds is 9. The Labute approximate surface area is 185 Å². The molecule has 0 aliphatic heterocycles. The predicted molar refractivity (Wildman–Crippen MR) is 119 cm³/mol. The van der Waals surface area contributed by atoms with Gasteiger partial charge in [0.05, 0.1) is 28.1 Å². The van der Waals surface area contributed by atoms with Crippen LogP contribution in [0.15, 0.2) is 94.9 Å². The maximum Gasteiger partial charge on any atom is 0.278 e. The Morgan fingerprint density at radius 1 is 0.969 bits per heavy atom. The zero-order valence-electron chi connectivity index (χ0n) is 16.9. The highest BCUT2D eigenvalue weighted by Gasteiger charge is 2.26. The van der Waals surface area contributed by atoms with Gasteiger partial charge in [-0.05, 0) is 23.8 Å². The molecule has 0 aliphatic rings. The molecule has 32 heavy (non-hydrogen) atoms. The highest BCUT2D eigenvalue weighted by molar-refractivity contribution is 7.89. The number of nitro benzene ring substituents is 1. The molecule has 0 saturated carbocycles. The second-order valence-electron chi connectivity index (χ2n) is 6.68. The maximum absolute atomic E-state index is 13.1. The third-order valence-electron chi connectivity index (χ3n) is 4.43. The molecule has 0 unspecified atom stereocenters. The zero-order valence-corrected chi connectivity index (χ0v) is 17.7. The first kappa shape index (κ1) is 22.8. The summed E-state index contributed by atoms with van der Waals surface area (Å²) in [4.78, 5) is 23.0. The molecule has 0 fully saturated rings. The van der Waals surface area contributed by atoms with E-state index in [1.807, 2.05) is 6.07 Å². The van der Waals surface area contributed by atoms with Crippen molar-refractivity contribution in [2.75, 3.05) is 6.54 Å². The number of para-hydroxylation sites is 1. The summed E-state index contributed by atoms with van der Waals surface area (Å²) in [5, 5.41) is 14.8. The van der Waals surface area contributed by atoms with Gasteiger partial charge in [0, 0.05) is 12.6 Å². The fourth-order valence-corrected chi connectivity index (χ4v) is 4.29. The quantitative estimate of drug-likeness (QED) is 0.304. The Hall–Kier alpha value is -3.89. The average molecular weight is 452 g/mol. The molecule has 10 heteroatoms. The first-order valence-corrected chi connectivity index (χ1v) is 11.0. The van der Waals surface area contributed by atoms with Crippen LogP contribution in [-0.2, 0) is 21.4 Å². The molecule has 1 amide bonds. The number of benzene rings is 3. The number of nitrogens with zero attached hydrogens (tertiary/aromatic N) is 3. The fraction of sp³-hybridized carbons (Fsp3) is 0.0909. The lowest BCUT2D eigenvalue weighted by atomic mass is 10.2. The Balaban J connectivity index is 1.77. The molecule has 0 aromatic heterocycles. The summed E-state index contributed by atoms with van der Waals surface area (Å²) < 4.78 is 27.3. The van der Waals surface area contributed by atoms with Gasteiger partial charge in [-0.2, -0.15) is 9.41 Å². The van der Waals surface area contributed by atoms with Gasteiger partial charge in [-0.25, -0.2) is 13.8 Å². The molecule has 3 aromatic carbocycles. The molecule has 0 heterocycles. The zero-order chi connectivity index (χ0) is 23.0. The number of hydrogen-bond acceptors (Lipinski definition) is 6. The van der Waals surface area contributed by atoms with Crippen LogP contribution >= 0.6 is 0 Å². The monoisotopic (exact) mass is 452 g/mol. The van der Waals surface area contributed by atoms with Gasteiger partial charge < -0.3 is 0 Å². The van der Waals surface area contributed by atoms with Crippen molar-refractivity contribution in [3.05, 3.63) is 106 Å². The van der Waals surface area contributed by atoms with Crippen molar-refractivity contribution in [2.45, 2.75) is 11.4 Å². The van der Waals surface area contributed by atoms with Gasteiger partial charge in [-0.15, -0.1) is 0 Å². The van der Waals surface area contributed by atoms with Crippen LogP contribution in [0, 0.1) is 10.1 Å². The maximum atomic E-state index is 13.1. The van der Waals surface area contributed by atoms with Crippen LogP contribution < -0.4 is 5.43 Å². The smallest absolute Gasteiger partial charge is 0.272 e. The summed E-state index contributed by atoms with van der Waals surface area (Å²) in [6, 6.07) is 22.6. The van der Waals surface area contributed by atoms with Crippen LogP contribution in [0.2, 0.25) is 0 Å². The normalized spacial score (nSPS) is 11.5. The summed E-state index contributed by atoms with van der Waals surface area (Å²) in [7, 11) is -3.96. The SMILES string of the molecule is O=C(CN(Cc1ccccc1)S(=O)(=O)c1ccccc1)NN=Cc1ccccc1[N+](=O)[O-]. The van der Waals surface area contributed by atoms with E-state index < -0.39 is 27.4 Å². The number of nitro groups is 1. The van der Waals surface area contributed by atoms with Gasteiger partial charge in [-0.3, -0.25) is 14.9 Å². The third-order valence-corrected chi connectivity index (χ3v) is 6.23. The molecule has 9 nitrogen and oxygen atoms in total. The molecule has 0 bridgehead atoms.